The van der Waals surface area contributed by atoms with Crippen molar-refractivity contribution in [1.29, 1.82) is 5.26 Å². The number of pyridine rings is 2. The highest BCUT2D eigenvalue weighted by molar-refractivity contribution is 6.29. The molecule has 0 spiro atoms. The number of hydrogen-bond acceptors (Lipinski definition) is 5. The topological polar surface area (TPSA) is 70.8 Å². The molecule has 0 fully saturated rings. The highest BCUT2D eigenvalue weighted by Gasteiger charge is 2.08. The van der Waals surface area contributed by atoms with Gasteiger partial charge in [0.25, 0.3) is 0 Å². The quantitative estimate of drug-likeness (QED) is 0.859. The average molecular weight is 261 g/mol. The molecule has 2 aromatic rings. The van der Waals surface area contributed by atoms with Gasteiger partial charge in [0.2, 0.25) is 0 Å². The van der Waals surface area contributed by atoms with Gasteiger partial charge in [-0.25, -0.2) is 9.97 Å². The summed E-state index contributed by atoms with van der Waals surface area (Å²) in [5, 5.41) is 12.3. The summed E-state index contributed by atoms with van der Waals surface area (Å²) >= 11 is 5.80. The number of hydrogen-bond donors (Lipinski definition) is 1. The molecule has 0 atom stereocenters. The van der Waals surface area contributed by atoms with Crippen molar-refractivity contribution in [3.8, 4) is 11.8 Å². The minimum atomic E-state index is 0.298. The highest BCUT2D eigenvalue weighted by atomic mass is 35.5. The molecule has 0 aliphatic heterocycles. The van der Waals surface area contributed by atoms with Crippen LogP contribution in [0.5, 0.6) is 5.75 Å². The Balaban J connectivity index is 2.40. The van der Waals surface area contributed by atoms with Gasteiger partial charge in [0, 0.05) is 18.5 Å². The molecule has 0 radical (unpaired) electrons. The summed E-state index contributed by atoms with van der Waals surface area (Å²) in [6, 6.07) is 7.12. The molecule has 18 heavy (non-hydrogen) atoms. The maximum absolute atomic E-state index is 8.99. The lowest BCUT2D eigenvalue weighted by Gasteiger charge is -2.10. The Kier molecular flexibility index (Phi) is 3.60. The third-order valence-electron chi connectivity index (χ3n) is 2.23. The fourth-order valence-corrected chi connectivity index (χ4v) is 1.56. The van der Waals surface area contributed by atoms with E-state index in [-0.39, 0.29) is 0 Å². The SMILES string of the molecule is COc1cccnc1Nc1cc(Cl)ncc1C#N. The number of nitrogens with one attached hydrogen (secondary N) is 1. The monoisotopic (exact) mass is 260 g/mol. The number of methoxy groups -OCH3 is 1. The molecule has 0 aromatic carbocycles. The van der Waals surface area contributed by atoms with Gasteiger partial charge in [0.1, 0.15) is 11.2 Å². The maximum Gasteiger partial charge on any atom is 0.173 e. The Morgan fingerprint density at radius 1 is 1.44 bits per heavy atom. The van der Waals surface area contributed by atoms with Gasteiger partial charge in [-0.1, -0.05) is 11.6 Å². The standard InChI is InChI=1S/C12H9ClN4O/c1-18-10-3-2-4-15-12(10)17-9-5-11(13)16-7-8(9)6-14/h2-5,7H,1H3,(H,15,16,17). The Hall–Kier alpha value is -2.32. The summed E-state index contributed by atoms with van der Waals surface area (Å²) in [5.74, 6) is 1.09. The minimum absolute atomic E-state index is 0.298. The van der Waals surface area contributed by atoms with Crippen molar-refractivity contribution in [3.63, 3.8) is 0 Å². The maximum atomic E-state index is 8.99. The van der Waals surface area contributed by atoms with Crippen molar-refractivity contribution in [1.82, 2.24) is 9.97 Å². The van der Waals surface area contributed by atoms with Gasteiger partial charge in [-0.15, -0.1) is 0 Å². The van der Waals surface area contributed by atoms with E-state index in [1.54, 1.807) is 31.5 Å². The Morgan fingerprint density at radius 3 is 3.00 bits per heavy atom. The van der Waals surface area contributed by atoms with Gasteiger partial charge in [-0.2, -0.15) is 5.26 Å². The van der Waals surface area contributed by atoms with Crippen molar-refractivity contribution < 1.29 is 4.74 Å². The molecule has 0 unspecified atom stereocenters. The predicted octanol–water partition coefficient (Wildman–Crippen LogP) is 2.75. The molecule has 5 nitrogen and oxygen atoms in total. The summed E-state index contributed by atoms with van der Waals surface area (Å²) in [5.41, 5.74) is 0.918. The number of aromatic nitrogens is 2. The summed E-state index contributed by atoms with van der Waals surface area (Å²) in [6.45, 7) is 0. The van der Waals surface area contributed by atoms with Crippen LogP contribution in [0.2, 0.25) is 5.15 Å². The van der Waals surface area contributed by atoms with Crippen LogP contribution in [0.4, 0.5) is 11.5 Å². The van der Waals surface area contributed by atoms with Crippen LogP contribution in [0.1, 0.15) is 5.56 Å². The van der Waals surface area contributed by atoms with Crippen LogP contribution in [0.25, 0.3) is 0 Å². The summed E-state index contributed by atoms with van der Waals surface area (Å²) < 4.78 is 5.16. The van der Waals surface area contributed by atoms with Crippen LogP contribution in [0, 0.1) is 11.3 Å². The first-order valence-corrected chi connectivity index (χ1v) is 5.44. The van der Waals surface area contributed by atoms with Gasteiger partial charge in [0.05, 0.1) is 18.4 Å². The highest BCUT2D eigenvalue weighted by Crippen LogP contribution is 2.27. The smallest absolute Gasteiger partial charge is 0.173 e. The molecule has 0 saturated carbocycles. The second-order valence-electron chi connectivity index (χ2n) is 3.34. The first-order chi connectivity index (χ1) is 8.74. The van der Waals surface area contributed by atoms with Crippen LogP contribution in [0.15, 0.2) is 30.6 Å². The number of nitrogens with zero attached hydrogens (tertiary/aromatic N) is 3. The Labute approximate surface area is 109 Å². The van der Waals surface area contributed by atoms with Crippen LogP contribution >= 0.6 is 11.6 Å². The van der Waals surface area contributed by atoms with Crippen LogP contribution in [0.3, 0.4) is 0 Å². The second kappa shape index (κ2) is 5.34. The minimum Gasteiger partial charge on any atom is -0.493 e. The van der Waals surface area contributed by atoms with E-state index in [1.807, 2.05) is 6.07 Å². The molecule has 90 valence electrons. The fraction of sp³-hybridized carbons (Fsp3) is 0.0833. The number of nitriles is 1. The third kappa shape index (κ3) is 2.50. The molecule has 2 aromatic heterocycles. The van der Waals surface area contributed by atoms with Crippen molar-refractivity contribution in [2.45, 2.75) is 0 Å². The molecule has 2 heterocycles. The van der Waals surface area contributed by atoms with E-state index in [0.29, 0.717) is 28.0 Å². The molecule has 0 bridgehead atoms. The third-order valence-corrected chi connectivity index (χ3v) is 2.44. The number of halogens is 1. The van der Waals surface area contributed by atoms with Gasteiger partial charge in [-0.3, -0.25) is 0 Å². The van der Waals surface area contributed by atoms with Crippen molar-refractivity contribution in [2.75, 3.05) is 12.4 Å². The number of ether oxygens (including phenoxy) is 1. The van der Waals surface area contributed by atoms with Gasteiger partial charge in [-0.05, 0) is 12.1 Å². The molecule has 0 amide bonds. The number of anilines is 2. The lowest BCUT2D eigenvalue weighted by Crippen LogP contribution is -1.99. The molecule has 0 saturated heterocycles. The van der Waals surface area contributed by atoms with Crippen LogP contribution < -0.4 is 10.1 Å². The lowest BCUT2D eigenvalue weighted by molar-refractivity contribution is 0.415. The Morgan fingerprint density at radius 2 is 2.28 bits per heavy atom. The number of rotatable bonds is 3. The van der Waals surface area contributed by atoms with Crippen molar-refractivity contribution in [3.05, 3.63) is 41.3 Å². The zero-order chi connectivity index (χ0) is 13.0. The molecule has 6 heteroatoms. The van der Waals surface area contributed by atoms with Gasteiger partial charge in [0.15, 0.2) is 11.6 Å². The van der Waals surface area contributed by atoms with E-state index in [4.69, 9.17) is 21.6 Å². The summed E-state index contributed by atoms with van der Waals surface area (Å²) in [7, 11) is 1.55. The zero-order valence-corrected chi connectivity index (χ0v) is 10.3. The van der Waals surface area contributed by atoms with Gasteiger partial charge >= 0.3 is 0 Å². The lowest BCUT2D eigenvalue weighted by atomic mass is 10.2. The van der Waals surface area contributed by atoms with E-state index in [1.165, 1.54) is 6.20 Å². The molecule has 0 aliphatic carbocycles. The van der Waals surface area contributed by atoms with E-state index < -0.39 is 0 Å². The van der Waals surface area contributed by atoms with Crippen LogP contribution in [-0.4, -0.2) is 17.1 Å². The molecular weight excluding hydrogens is 252 g/mol. The largest absolute Gasteiger partial charge is 0.493 e. The van der Waals surface area contributed by atoms with E-state index in [2.05, 4.69) is 15.3 Å². The fourth-order valence-electron chi connectivity index (χ4n) is 1.40. The van der Waals surface area contributed by atoms with E-state index in [9.17, 15) is 0 Å². The average Bonchev–Trinajstić information content (AvgIpc) is 2.40. The molecule has 1 N–H and O–H groups in total. The molecular formula is C12H9ClN4O. The predicted molar refractivity (Wildman–Crippen MR) is 68.0 cm³/mol. The summed E-state index contributed by atoms with van der Waals surface area (Å²) in [4.78, 5) is 7.99. The zero-order valence-electron chi connectivity index (χ0n) is 9.51. The molecule has 2 rings (SSSR count). The molecule has 0 aliphatic rings. The van der Waals surface area contributed by atoms with E-state index >= 15 is 0 Å². The Bertz CT molecular complexity index is 609. The van der Waals surface area contributed by atoms with Crippen LogP contribution in [-0.2, 0) is 0 Å². The van der Waals surface area contributed by atoms with Crippen molar-refractivity contribution in [2.24, 2.45) is 0 Å². The normalized spacial score (nSPS) is 9.61. The summed E-state index contributed by atoms with van der Waals surface area (Å²) in [6.07, 6.45) is 3.03. The van der Waals surface area contributed by atoms with Gasteiger partial charge < -0.3 is 10.1 Å². The van der Waals surface area contributed by atoms with E-state index in [0.717, 1.165) is 0 Å². The first-order valence-electron chi connectivity index (χ1n) is 5.06. The second-order valence-corrected chi connectivity index (χ2v) is 3.73. The first kappa shape index (κ1) is 12.1. The van der Waals surface area contributed by atoms with Crippen molar-refractivity contribution >= 4 is 23.1 Å².